The van der Waals surface area contributed by atoms with E-state index in [1.807, 2.05) is 19.9 Å². The molecule has 0 bridgehead atoms. The molecule has 16 heavy (non-hydrogen) atoms. The first kappa shape index (κ1) is 13.1. The number of carbonyl (C=O) groups is 1. The number of halogens is 1. The fourth-order valence-electron chi connectivity index (χ4n) is 1.28. The highest BCUT2D eigenvalue weighted by molar-refractivity contribution is 9.10. The maximum Gasteiger partial charge on any atom is 0.329 e. The molecule has 0 radical (unpaired) electrons. The molecule has 1 unspecified atom stereocenters. The lowest BCUT2D eigenvalue weighted by atomic mass is 10.1. The number of carbonyl (C=O) groups excluding carboxylic acids is 1. The number of nitrogens with one attached hydrogen (secondary N) is 1. The van der Waals surface area contributed by atoms with Gasteiger partial charge in [-0.1, -0.05) is 0 Å². The smallest absolute Gasteiger partial charge is 0.329 e. The number of hydrogen-bond acceptors (Lipinski definition) is 4. The Labute approximate surface area is 104 Å². The third kappa shape index (κ3) is 3.57. The van der Waals surface area contributed by atoms with E-state index in [4.69, 9.17) is 4.74 Å². The highest BCUT2D eigenvalue weighted by Gasteiger charge is 2.22. The Hall–Kier alpha value is -0.940. The Balaban J connectivity index is 2.91. The lowest BCUT2D eigenvalue weighted by Crippen LogP contribution is -2.34. The van der Waals surface area contributed by atoms with Crippen molar-refractivity contribution in [2.45, 2.75) is 25.9 Å². The molecule has 5 heteroatoms. The lowest BCUT2D eigenvalue weighted by Gasteiger charge is -2.18. The van der Waals surface area contributed by atoms with Gasteiger partial charge < -0.3 is 4.74 Å². The van der Waals surface area contributed by atoms with E-state index in [1.54, 1.807) is 12.3 Å². The number of hydrogen-bond donors (Lipinski definition) is 1. The van der Waals surface area contributed by atoms with E-state index in [1.165, 1.54) is 7.11 Å². The summed E-state index contributed by atoms with van der Waals surface area (Å²) in [5.41, 5.74) is 0.656. The van der Waals surface area contributed by atoms with Gasteiger partial charge in [-0.2, -0.15) is 0 Å². The molecule has 1 atom stereocenters. The second kappa shape index (κ2) is 5.96. The zero-order chi connectivity index (χ0) is 12.1. The van der Waals surface area contributed by atoms with Crippen molar-refractivity contribution in [3.63, 3.8) is 0 Å². The molecule has 0 aliphatic rings. The van der Waals surface area contributed by atoms with E-state index in [0.717, 1.165) is 4.47 Å². The van der Waals surface area contributed by atoms with Gasteiger partial charge in [0.2, 0.25) is 0 Å². The van der Waals surface area contributed by atoms with Gasteiger partial charge in [0.1, 0.15) is 6.04 Å². The molecule has 1 N–H and O–H groups in total. The molecule has 1 rings (SSSR count). The predicted octanol–water partition coefficient (Wildman–Crippen LogP) is 2.06. The van der Waals surface area contributed by atoms with E-state index < -0.39 is 6.04 Å². The largest absolute Gasteiger partial charge is 0.468 e. The third-order valence-electron chi connectivity index (χ3n) is 1.98. The first-order chi connectivity index (χ1) is 7.54. The summed E-state index contributed by atoms with van der Waals surface area (Å²) in [5, 5.41) is 3.11. The second-order valence-electron chi connectivity index (χ2n) is 3.68. The van der Waals surface area contributed by atoms with Crippen molar-refractivity contribution in [3.05, 3.63) is 28.5 Å². The summed E-state index contributed by atoms with van der Waals surface area (Å²) in [6.07, 6.45) is 1.66. The van der Waals surface area contributed by atoms with Gasteiger partial charge in [0, 0.05) is 16.7 Å². The molecule has 1 aromatic rings. The van der Waals surface area contributed by atoms with Crippen LogP contribution in [-0.4, -0.2) is 24.1 Å². The molecule has 0 amide bonds. The van der Waals surface area contributed by atoms with Crippen LogP contribution < -0.4 is 5.32 Å². The molecule has 1 heterocycles. The standard InChI is InChI=1S/C11H15BrN2O2/c1-7(2)14-10(11(15)16-3)9-5-4-8(12)6-13-9/h4-7,10,14H,1-3H3. The minimum atomic E-state index is -0.516. The van der Waals surface area contributed by atoms with Crippen molar-refractivity contribution >= 4 is 21.9 Å². The van der Waals surface area contributed by atoms with Gasteiger partial charge in [-0.3, -0.25) is 10.3 Å². The van der Waals surface area contributed by atoms with Crippen LogP contribution in [0, 0.1) is 0 Å². The third-order valence-corrected chi connectivity index (χ3v) is 2.45. The zero-order valence-corrected chi connectivity index (χ0v) is 11.1. The van der Waals surface area contributed by atoms with Crippen molar-refractivity contribution in [2.75, 3.05) is 7.11 Å². The van der Waals surface area contributed by atoms with Gasteiger partial charge in [0.15, 0.2) is 0 Å². The maximum absolute atomic E-state index is 11.6. The average Bonchev–Trinajstić information content (AvgIpc) is 2.26. The van der Waals surface area contributed by atoms with Crippen LogP contribution in [0.2, 0.25) is 0 Å². The van der Waals surface area contributed by atoms with Crippen LogP contribution in [-0.2, 0) is 9.53 Å². The molecule has 0 aliphatic carbocycles. The predicted molar refractivity (Wildman–Crippen MR) is 65.0 cm³/mol. The fourth-order valence-corrected chi connectivity index (χ4v) is 1.52. The second-order valence-corrected chi connectivity index (χ2v) is 4.59. The van der Waals surface area contributed by atoms with Gasteiger partial charge in [-0.15, -0.1) is 0 Å². The van der Waals surface area contributed by atoms with Gasteiger partial charge in [-0.25, -0.2) is 4.79 Å². The SMILES string of the molecule is COC(=O)C(NC(C)C)c1ccc(Br)cn1. The van der Waals surface area contributed by atoms with Crippen molar-refractivity contribution < 1.29 is 9.53 Å². The molecule has 0 saturated heterocycles. The van der Waals surface area contributed by atoms with E-state index in [0.29, 0.717) is 5.69 Å². The van der Waals surface area contributed by atoms with E-state index in [2.05, 4.69) is 26.2 Å². The van der Waals surface area contributed by atoms with E-state index in [9.17, 15) is 4.79 Å². The Kier molecular flexibility index (Phi) is 4.89. The summed E-state index contributed by atoms with van der Waals surface area (Å²) >= 11 is 3.30. The first-order valence-electron chi connectivity index (χ1n) is 5.00. The van der Waals surface area contributed by atoms with Crippen LogP contribution in [0.4, 0.5) is 0 Å². The van der Waals surface area contributed by atoms with Crippen molar-refractivity contribution in [1.29, 1.82) is 0 Å². The monoisotopic (exact) mass is 286 g/mol. The molecule has 0 fully saturated rings. The fraction of sp³-hybridized carbons (Fsp3) is 0.455. The lowest BCUT2D eigenvalue weighted by molar-refractivity contribution is -0.143. The Morgan fingerprint density at radius 2 is 2.19 bits per heavy atom. The van der Waals surface area contributed by atoms with Gasteiger partial charge in [0.25, 0.3) is 0 Å². The molecule has 0 aliphatic heterocycles. The maximum atomic E-state index is 11.6. The summed E-state index contributed by atoms with van der Waals surface area (Å²) in [6, 6.07) is 3.30. The number of nitrogens with zero attached hydrogens (tertiary/aromatic N) is 1. The minimum absolute atomic E-state index is 0.176. The van der Waals surface area contributed by atoms with E-state index in [-0.39, 0.29) is 12.0 Å². The number of rotatable bonds is 4. The van der Waals surface area contributed by atoms with Crippen LogP contribution in [0.15, 0.2) is 22.8 Å². The molecular formula is C11H15BrN2O2. The Morgan fingerprint density at radius 1 is 1.50 bits per heavy atom. The molecule has 0 saturated carbocycles. The number of esters is 1. The van der Waals surface area contributed by atoms with Crippen molar-refractivity contribution in [1.82, 2.24) is 10.3 Å². The number of aromatic nitrogens is 1. The topological polar surface area (TPSA) is 51.2 Å². The van der Waals surface area contributed by atoms with E-state index >= 15 is 0 Å². The molecule has 4 nitrogen and oxygen atoms in total. The summed E-state index contributed by atoms with van der Waals surface area (Å²) in [4.78, 5) is 15.8. The summed E-state index contributed by atoms with van der Waals surface area (Å²) in [7, 11) is 1.37. The van der Waals surface area contributed by atoms with Gasteiger partial charge in [0.05, 0.1) is 12.8 Å². The van der Waals surface area contributed by atoms with Crippen LogP contribution in [0.1, 0.15) is 25.6 Å². The zero-order valence-electron chi connectivity index (χ0n) is 9.53. The van der Waals surface area contributed by atoms with Crippen molar-refractivity contribution in [2.24, 2.45) is 0 Å². The minimum Gasteiger partial charge on any atom is -0.468 e. The molecule has 0 spiro atoms. The van der Waals surface area contributed by atoms with Crippen LogP contribution in [0.5, 0.6) is 0 Å². The molecule has 1 aromatic heterocycles. The van der Waals surface area contributed by atoms with Crippen LogP contribution in [0.25, 0.3) is 0 Å². The number of ether oxygens (including phenoxy) is 1. The summed E-state index contributed by atoms with van der Waals surface area (Å²) < 4.78 is 5.62. The van der Waals surface area contributed by atoms with Gasteiger partial charge >= 0.3 is 5.97 Å². The molecule has 88 valence electrons. The Morgan fingerprint density at radius 3 is 2.62 bits per heavy atom. The molecular weight excluding hydrogens is 272 g/mol. The highest BCUT2D eigenvalue weighted by atomic mass is 79.9. The first-order valence-corrected chi connectivity index (χ1v) is 5.79. The quantitative estimate of drug-likeness (QED) is 0.861. The Bertz CT molecular complexity index is 352. The summed E-state index contributed by atoms with van der Waals surface area (Å²) in [6.45, 7) is 3.93. The highest BCUT2D eigenvalue weighted by Crippen LogP contribution is 2.15. The molecule has 0 aromatic carbocycles. The number of pyridine rings is 1. The number of methoxy groups -OCH3 is 1. The average molecular weight is 287 g/mol. The van der Waals surface area contributed by atoms with Crippen LogP contribution >= 0.6 is 15.9 Å². The van der Waals surface area contributed by atoms with Gasteiger partial charge in [-0.05, 0) is 41.9 Å². The van der Waals surface area contributed by atoms with Crippen LogP contribution in [0.3, 0.4) is 0 Å². The summed E-state index contributed by atoms with van der Waals surface area (Å²) in [5.74, 6) is -0.330. The van der Waals surface area contributed by atoms with Crippen molar-refractivity contribution in [3.8, 4) is 0 Å². The normalized spacial score (nSPS) is 12.6.